The maximum absolute atomic E-state index is 12.3. The summed E-state index contributed by atoms with van der Waals surface area (Å²) in [7, 11) is -3.89. The van der Waals surface area contributed by atoms with Crippen LogP contribution in [0.2, 0.25) is 5.02 Å². The van der Waals surface area contributed by atoms with E-state index in [1.807, 2.05) is 6.07 Å². The van der Waals surface area contributed by atoms with Crippen molar-refractivity contribution < 1.29 is 8.42 Å². The summed E-state index contributed by atoms with van der Waals surface area (Å²) in [5.74, 6) is 5.39. The van der Waals surface area contributed by atoms with Crippen molar-refractivity contribution in [3.63, 3.8) is 0 Å². The first-order valence-corrected chi connectivity index (χ1v) is 7.47. The van der Waals surface area contributed by atoms with Crippen LogP contribution in [0, 0.1) is 11.3 Å². The van der Waals surface area contributed by atoms with Gasteiger partial charge in [0.25, 0.3) is 10.0 Å². The SMILES string of the molecule is N#Cc1ccc(Cl)cc1NS(=O)(=O)c1ccnc(NN)c1. The lowest BCUT2D eigenvalue weighted by Gasteiger charge is -2.10. The van der Waals surface area contributed by atoms with Gasteiger partial charge in [-0.05, 0) is 24.3 Å². The highest BCUT2D eigenvalue weighted by atomic mass is 35.5. The van der Waals surface area contributed by atoms with E-state index in [0.29, 0.717) is 5.02 Å². The van der Waals surface area contributed by atoms with E-state index in [2.05, 4.69) is 15.1 Å². The largest absolute Gasteiger partial charge is 0.308 e. The number of benzene rings is 1. The highest BCUT2D eigenvalue weighted by Crippen LogP contribution is 2.24. The number of nitrogens with two attached hydrogens (primary N) is 1. The molecule has 2 aromatic rings. The molecule has 1 heterocycles. The van der Waals surface area contributed by atoms with E-state index in [0.717, 1.165) is 0 Å². The van der Waals surface area contributed by atoms with E-state index in [1.165, 1.54) is 36.5 Å². The van der Waals surface area contributed by atoms with Crippen LogP contribution in [0.1, 0.15) is 5.56 Å². The van der Waals surface area contributed by atoms with Gasteiger partial charge in [0, 0.05) is 17.3 Å². The molecule has 0 spiro atoms. The molecule has 108 valence electrons. The van der Waals surface area contributed by atoms with Crippen LogP contribution in [0.15, 0.2) is 41.4 Å². The number of anilines is 2. The number of hydrogen-bond acceptors (Lipinski definition) is 6. The number of hydrogen-bond donors (Lipinski definition) is 3. The Hall–Kier alpha value is -2.34. The summed E-state index contributed by atoms with van der Waals surface area (Å²) in [6, 6.07) is 8.75. The van der Waals surface area contributed by atoms with Gasteiger partial charge in [-0.3, -0.25) is 4.72 Å². The molecule has 0 fully saturated rings. The third-order valence-corrected chi connectivity index (χ3v) is 4.13. The Balaban J connectivity index is 2.42. The molecule has 0 atom stereocenters. The lowest BCUT2D eigenvalue weighted by Crippen LogP contribution is -2.15. The Labute approximate surface area is 126 Å². The molecule has 1 aromatic carbocycles. The number of halogens is 1. The summed E-state index contributed by atoms with van der Waals surface area (Å²) >= 11 is 5.82. The zero-order chi connectivity index (χ0) is 15.5. The monoisotopic (exact) mass is 323 g/mol. The van der Waals surface area contributed by atoms with Crippen LogP contribution in [0.3, 0.4) is 0 Å². The van der Waals surface area contributed by atoms with Crippen molar-refractivity contribution in [3.8, 4) is 6.07 Å². The van der Waals surface area contributed by atoms with Crippen molar-refractivity contribution in [2.75, 3.05) is 10.1 Å². The topological polar surface area (TPSA) is 121 Å². The highest BCUT2D eigenvalue weighted by Gasteiger charge is 2.17. The first-order chi connectivity index (χ1) is 9.96. The molecule has 0 radical (unpaired) electrons. The van der Waals surface area contributed by atoms with Crippen LogP contribution in [0.25, 0.3) is 0 Å². The molecule has 0 aliphatic carbocycles. The number of nitrogens with zero attached hydrogens (tertiary/aromatic N) is 2. The number of nitriles is 1. The molecule has 7 nitrogen and oxygen atoms in total. The molecule has 0 aliphatic heterocycles. The molecule has 2 rings (SSSR count). The molecule has 0 bridgehead atoms. The van der Waals surface area contributed by atoms with Gasteiger partial charge in [0.1, 0.15) is 11.9 Å². The third-order valence-electron chi connectivity index (χ3n) is 2.54. The normalized spacial score (nSPS) is 10.7. The highest BCUT2D eigenvalue weighted by molar-refractivity contribution is 7.92. The zero-order valence-electron chi connectivity index (χ0n) is 10.5. The summed E-state index contributed by atoms with van der Waals surface area (Å²) in [5, 5.41) is 9.31. The van der Waals surface area contributed by atoms with Crippen molar-refractivity contribution in [3.05, 3.63) is 47.1 Å². The van der Waals surface area contributed by atoms with E-state index in [4.69, 9.17) is 22.7 Å². The van der Waals surface area contributed by atoms with E-state index >= 15 is 0 Å². The van der Waals surface area contributed by atoms with Crippen molar-refractivity contribution in [2.24, 2.45) is 5.84 Å². The fourth-order valence-corrected chi connectivity index (χ4v) is 2.81. The van der Waals surface area contributed by atoms with Crippen molar-refractivity contribution in [1.29, 1.82) is 5.26 Å². The molecule has 4 N–H and O–H groups in total. The summed E-state index contributed by atoms with van der Waals surface area (Å²) in [5.41, 5.74) is 2.52. The zero-order valence-corrected chi connectivity index (χ0v) is 12.1. The molecule has 0 saturated heterocycles. The molecule has 0 saturated carbocycles. The number of pyridine rings is 1. The van der Waals surface area contributed by atoms with Gasteiger partial charge in [-0.25, -0.2) is 19.2 Å². The summed E-state index contributed by atoms with van der Waals surface area (Å²) in [6.45, 7) is 0. The van der Waals surface area contributed by atoms with Crippen molar-refractivity contribution in [2.45, 2.75) is 4.90 Å². The van der Waals surface area contributed by atoms with Gasteiger partial charge in [-0.15, -0.1) is 0 Å². The van der Waals surface area contributed by atoms with E-state index < -0.39 is 10.0 Å². The molecule has 21 heavy (non-hydrogen) atoms. The second-order valence-electron chi connectivity index (χ2n) is 3.93. The summed E-state index contributed by atoms with van der Waals surface area (Å²) in [4.78, 5) is 3.78. The first kappa shape index (κ1) is 15.1. The molecule has 0 amide bonds. The Morgan fingerprint density at radius 2 is 2.05 bits per heavy atom. The smallest absolute Gasteiger partial charge is 0.262 e. The quantitative estimate of drug-likeness (QED) is 0.581. The van der Waals surface area contributed by atoms with E-state index in [9.17, 15) is 8.42 Å². The number of hydrazine groups is 1. The van der Waals surface area contributed by atoms with Crippen molar-refractivity contribution >= 4 is 33.1 Å². The number of sulfonamides is 1. The van der Waals surface area contributed by atoms with E-state index in [-0.39, 0.29) is 22.0 Å². The predicted octanol–water partition coefficient (Wildman–Crippen LogP) is 1.69. The third kappa shape index (κ3) is 3.41. The van der Waals surface area contributed by atoms with Gasteiger partial charge in [0.05, 0.1) is 16.1 Å². The minimum absolute atomic E-state index is 0.0469. The Morgan fingerprint density at radius 3 is 2.71 bits per heavy atom. The summed E-state index contributed by atoms with van der Waals surface area (Å²) < 4.78 is 26.9. The summed E-state index contributed by atoms with van der Waals surface area (Å²) in [6.07, 6.45) is 1.30. The minimum atomic E-state index is -3.89. The van der Waals surface area contributed by atoms with Crippen LogP contribution in [-0.2, 0) is 10.0 Å². The molecule has 0 unspecified atom stereocenters. The lowest BCUT2D eigenvalue weighted by molar-refractivity contribution is 0.601. The molecule has 1 aromatic heterocycles. The van der Waals surface area contributed by atoms with Crippen LogP contribution in [-0.4, -0.2) is 13.4 Å². The molecule has 9 heteroatoms. The van der Waals surface area contributed by atoms with Gasteiger partial charge in [-0.2, -0.15) is 5.26 Å². The first-order valence-electron chi connectivity index (χ1n) is 5.61. The Morgan fingerprint density at radius 1 is 1.29 bits per heavy atom. The number of nitrogen functional groups attached to an aromatic ring is 1. The van der Waals surface area contributed by atoms with Crippen LogP contribution in [0.4, 0.5) is 11.5 Å². The fraction of sp³-hybridized carbons (Fsp3) is 0. The standard InChI is InChI=1S/C12H10ClN5O2S/c13-9-2-1-8(7-14)11(5-9)18-21(19,20)10-3-4-16-12(6-10)17-15/h1-6,18H,15H2,(H,16,17). The average molecular weight is 324 g/mol. The minimum Gasteiger partial charge on any atom is -0.308 e. The maximum Gasteiger partial charge on any atom is 0.262 e. The van der Waals surface area contributed by atoms with Gasteiger partial charge in [-0.1, -0.05) is 11.6 Å². The van der Waals surface area contributed by atoms with Gasteiger partial charge in [0.2, 0.25) is 0 Å². The number of aromatic nitrogens is 1. The molecular weight excluding hydrogens is 314 g/mol. The Kier molecular flexibility index (Phi) is 4.28. The van der Waals surface area contributed by atoms with Crippen molar-refractivity contribution in [1.82, 2.24) is 4.98 Å². The maximum atomic E-state index is 12.3. The van der Waals surface area contributed by atoms with Crippen LogP contribution < -0.4 is 16.0 Å². The lowest BCUT2D eigenvalue weighted by atomic mass is 10.2. The van der Waals surface area contributed by atoms with Gasteiger partial charge < -0.3 is 5.43 Å². The number of rotatable bonds is 4. The molecular formula is C12H10ClN5O2S. The second-order valence-corrected chi connectivity index (χ2v) is 6.05. The average Bonchev–Trinajstić information content (AvgIpc) is 2.47. The fourth-order valence-electron chi connectivity index (χ4n) is 1.56. The van der Waals surface area contributed by atoms with Crippen LogP contribution >= 0.6 is 11.6 Å². The number of nitrogens with one attached hydrogen (secondary N) is 2. The van der Waals surface area contributed by atoms with E-state index in [1.54, 1.807) is 0 Å². The van der Waals surface area contributed by atoms with Gasteiger partial charge in [0.15, 0.2) is 0 Å². The van der Waals surface area contributed by atoms with Gasteiger partial charge >= 0.3 is 0 Å². The molecule has 0 aliphatic rings. The predicted molar refractivity (Wildman–Crippen MR) is 79.0 cm³/mol. The Bertz CT molecular complexity index is 817. The second kappa shape index (κ2) is 5.97. The van der Waals surface area contributed by atoms with Crippen LogP contribution in [0.5, 0.6) is 0 Å².